The number of hydrogen-bond acceptors (Lipinski definition) is 3. The Balaban J connectivity index is 1.81. The number of anilines is 1. The van der Waals surface area contributed by atoms with Gasteiger partial charge in [-0.3, -0.25) is 4.79 Å². The van der Waals surface area contributed by atoms with E-state index in [1.165, 1.54) is 0 Å². The number of carbonyl (C=O) groups excluding carboxylic acids is 1. The van der Waals surface area contributed by atoms with Gasteiger partial charge >= 0.3 is 0 Å². The fourth-order valence-corrected chi connectivity index (χ4v) is 2.42. The number of benzene rings is 2. The van der Waals surface area contributed by atoms with E-state index in [0.717, 1.165) is 17.0 Å². The zero-order valence-corrected chi connectivity index (χ0v) is 14.6. The molecule has 0 heterocycles. The van der Waals surface area contributed by atoms with Crippen LogP contribution in [0.25, 0.3) is 0 Å². The largest absolute Gasteiger partial charge is 0.489 e. The van der Waals surface area contributed by atoms with E-state index in [4.69, 9.17) is 4.74 Å². The Morgan fingerprint density at radius 2 is 1.67 bits per heavy atom. The summed E-state index contributed by atoms with van der Waals surface area (Å²) in [4.78, 5) is 12.1. The molecule has 0 aliphatic rings. The zero-order valence-electron chi connectivity index (χ0n) is 14.6. The molecular formula is C20H26N2O2. The van der Waals surface area contributed by atoms with Gasteiger partial charge < -0.3 is 15.4 Å². The highest BCUT2D eigenvalue weighted by atomic mass is 16.5. The lowest BCUT2D eigenvalue weighted by Crippen LogP contribution is -2.28. The maximum Gasteiger partial charge on any atom is 0.222 e. The number of carbonyl (C=O) groups is 1. The molecule has 0 aromatic heterocycles. The zero-order chi connectivity index (χ0) is 17.4. The molecule has 4 heteroatoms. The summed E-state index contributed by atoms with van der Waals surface area (Å²) in [6.07, 6.45) is 0.524. The Hall–Kier alpha value is -2.49. The smallest absolute Gasteiger partial charge is 0.222 e. The Morgan fingerprint density at radius 3 is 2.38 bits per heavy atom. The topological polar surface area (TPSA) is 50.4 Å². The fourth-order valence-electron chi connectivity index (χ4n) is 2.42. The average Bonchev–Trinajstić information content (AvgIpc) is 2.56. The summed E-state index contributed by atoms with van der Waals surface area (Å²) >= 11 is 0. The Morgan fingerprint density at radius 1 is 1.00 bits per heavy atom. The molecule has 0 spiro atoms. The van der Waals surface area contributed by atoms with Gasteiger partial charge in [-0.15, -0.1) is 0 Å². The minimum Gasteiger partial charge on any atom is -0.489 e. The van der Waals surface area contributed by atoms with E-state index in [9.17, 15) is 4.79 Å². The van der Waals surface area contributed by atoms with Gasteiger partial charge in [0.05, 0.1) is 17.8 Å². The Bertz CT molecular complexity index is 641. The van der Waals surface area contributed by atoms with E-state index in [2.05, 4.69) is 10.6 Å². The summed E-state index contributed by atoms with van der Waals surface area (Å²) in [5.74, 6) is 0.840. The summed E-state index contributed by atoms with van der Waals surface area (Å²) in [5.41, 5.74) is 2.02. The highest BCUT2D eigenvalue weighted by Gasteiger charge is 2.09. The molecule has 2 aromatic rings. The average molecular weight is 326 g/mol. The van der Waals surface area contributed by atoms with Crippen LogP contribution in [-0.4, -0.2) is 18.6 Å². The molecule has 0 aliphatic heterocycles. The molecule has 24 heavy (non-hydrogen) atoms. The first-order valence-electron chi connectivity index (χ1n) is 8.40. The van der Waals surface area contributed by atoms with Gasteiger partial charge in [-0.05, 0) is 38.5 Å². The van der Waals surface area contributed by atoms with Gasteiger partial charge in [-0.1, -0.05) is 42.5 Å². The number of nitrogens with one attached hydrogen (secondary N) is 2. The van der Waals surface area contributed by atoms with Gasteiger partial charge in [0.2, 0.25) is 5.91 Å². The van der Waals surface area contributed by atoms with Gasteiger partial charge in [-0.2, -0.15) is 0 Å². The van der Waals surface area contributed by atoms with Crippen molar-refractivity contribution in [3.63, 3.8) is 0 Å². The maximum absolute atomic E-state index is 12.1. The van der Waals surface area contributed by atoms with Gasteiger partial charge in [0.25, 0.3) is 0 Å². The molecule has 2 rings (SSSR count). The summed E-state index contributed by atoms with van der Waals surface area (Å²) in [5, 5.41) is 6.30. The van der Waals surface area contributed by atoms with Crippen LogP contribution in [0.2, 0.25) is 0 Å². The van der Waals surface area contributed by atoms with E-state index in [1.807, 2.05) is 75.4 Å². The molecular weight excluding hydrogens is 300 g/mol. The minimum atomic E-state index is 0.00950. The van der Waals surface area contributed by atoms with Gasteiger partial charge in [0, 0.05) is 13.0 Å². The van der Waals surface area contributed by atoms with E-state index in [0.29, 0.717) is 13.0 Å². The van der Waals surface area contributed by atoms with Crippen molar-refractivity contribution >= 4 is 11.6 Å². The van der Waals surface area contributed by atoms with E-state index in [-0.39, 0.29) is 18.1 Å². The molecule has 2 N–H and O–H groups in total. The molecule has 1 atom stereocenters. The second-order valence-corrected chi connectivity index (χ2v) is 6.04. The summed E-state index contributed by atoms with van der Waals surface area (Å²) in [6, 6.07) is 17.8. The molecule has 0 aliphatic carbocycles. The van der Waals surface area contributed by atoms with Crippen LogP contribution in [0, 0.1) is 0 Å². The molecule has 0 fully saturated rings. The van der Waals surface area contributed by atoms with Crippen LogP contribution in [0.5, 0.6) is 5.75 Å². The summed E-state index contributed by atoms with van der Waals surface area (Å²) in [6.45, 7) is 6.54. The predicted molar refractivity (Wildman–Crippen MR) is 98.3 cm³/mol. The SMILES string of the molecule is CC(C)Oc1ccccc1NCCC(=O)NC(C)c1ccccc1. The number of amides is 1. The molecule has 0 bridgehead atoms. The standard InChI is InChI=1S/C20H26N2O2/c1-15(2)24-19-12-8-7-11-18(19)21-14-13-20(23)22-16(3)17-9-5-4-6-10-17/h4-12,15-16,21H,13-14H2,1-3H3,(H,22,23). The van der Waals surface area contributed by atoms with E-state index in [1.54, 1.807) is 0 Å². The maximum atomic E-state index is 12.1. The first kappa shape index (κ1) is 17.9. The third kappa shape index (κ3) is 5.61. The van der Waals surface area contributed by atoms with Crippen LogP contribution in [0.3, 0.4) is 0 Å². The summed E-state index contributed by atoms with van der Waals surface area (Å²) in [7, 11) is 0. The van der Waals surface area contributed by atoms with Crippen molar-refractivity contribution in [3.8, 4) is 5.75 Å². The molecule has 0 saturated heterocycles. The minimum absolute atomic E-state index is 0.00950. The van der Waals surface area contributed by atoms with Crippen molar-refractivity contribution in [2.45, 2.75) is 39.3 Å². The highest BCUT2D eigenvalue weighted by Crippen LogP contribution is 2.24. The third-order valence-electron chi connectivity index (χ3n) is 3.59. The van der Waals surface area contributed by atoms with Gasteiger partial charge in [0.15, 0.2) is 0 Å². The van der Waals surface area contributed by atoms with Crippen LogP contribution in [-0.2, 0) is 4.79 Å². The number of ether oxygens (including phenoxy) is 1. The lowest BCUT2D eigenvalue weighted by molar-refractivity contribution is -0.121. The van der Waals surface area contributed by atoms with Crippen molar-refractivity contribution in [2.75, 3.05) is 11.9 Å². The molecule has 0 radical (unpaired) electrons. The first-order valence-corrected chi connectivity index (χ1v) is 8.40. The normalized spacial score (nSPS) is 11.8. The third-order valence-corrected chi connectivity index (χ3v) is 3.59. The summed E-state index contributed by atoms with van der Waals surface area (Å²) < 4.78 is 5.76. The van der Waals surface area contributed by atoms with Crippen molar-refractivity contribution in [2.24, 2.45) is 0 Å². The van der Waals surface area contributed by atoms with Crippen molar-refractivity contribution in [3.05, 3.63) is 60.2 Å². The molecule has 0 saturated carbocycles. The lowest BCUT2D eigenvalue weighted by Gasteiger charge is -2.16. The predicted octanol–water partition coefficient (Wildman–Crippen LogP) is 4.15. The number of rotatable bonds is 8. The molecule has 4 nitrogen and oxygen atoms in total. The Labute approximate surface area is 144 Å². The molecule has 1 unspecified atom stereocenters. The molecule has 2 aromatic carbocycles. The highest BCUT2D eigenvalue weighted by molar-refractivity contribution is 5.77. The van der Waals surface area contributed by atoms with Gasteiger partial charge in [-0.25, -0.2) is 0 Å². The van der Waals surface area contributed by atoms with Crippen molar-refractivity contribution < 1.29 is 9.53 Å². The monoisotopic (exact) mass is 326 g/mol. The molecule has 1 amide bonds. The van der Waals surface area contributed by atoms with Gasteiger partial charge in [0.1, 0.15) is 5.75 Å². The first-order chi connectivity index (χ1) is 11.6. The van der Waals surface area contributed by atoms with Crippen LogP contribution >= 0.6 is 0 Å². The molecule has 128 valence electrons. The lowest BCUT2D eigenvalue weighted by atomic mass is 10.1. The number of hydrogen-bond donors (Lipinski definition) is 2. The van der Waals surface area contributed by atoms with Crippen LogP contribution in [0.4, 0.5) is 5.69 Å². The van der Waals surface area contributed by atoms with Crippen LogP contribution in [0.1, 0.15) is 38.8 Å². The van der Waals surface area contributed by atoms with Crippen LogP contribution < -0.4 is 15.4 Å². The van der Waals surface area contributed by atoms with E-state index >= 15 is 0 Å². The van der Waals surface area contributed by atoms with Crippen molar-refractivity contribution in [1.82, 2.24) is 5.32 Å². The second kappa shape index (κ2) is 8.96. The van der Waals surface area contributed by atoms with E-state index < -0.39 is 0 Å². The Kier molecular flexibility index (Phi) is 6.67. The van der Waals surface area contributed by atoms with Crippen LogP contribution in [0.15, 0.2) is 54.6 Å². The number of para-hydroxylation sites is 2. The fraction of sp³-hybridized carbons (Fsp3) is 0.350. The quantitative estimate of drug-likeness (QED) is 0.766. The second-order valence-electron chi connectivity index (χ2n) is 6.04. The van der Waals surface area contributed by atoms with Crippen molar-refractivity contribution in [1.29, 1.82) is 0 Å².